The minimum atomic E-state index is -0.0641. The number of hydrogen-bond acceptors (Lipinski definition) is 5. The summed E-state index contributed by atoms with van der Waals surface area (Å²) in [6.45, 7) is 4.60. The van der Waals surface area contributed by atoms with Crippen molar-refractivity contribution in [3.63, 3.8) is 0 Å². The highest BCUT2D eigenvalue weighted by Gasteiger charge is 2.18. The van der Waals surface area contributed by atoms with Crippen molar-refractivity contribution in [1.29, 1.82) is 0 Å². The Hall–Kier alpha value is -0.400. The summed E-state index contributed by atoms with van der Waals surface area (Å²) in [7, 11) is 2.03. The Labute approximate surface area is 136 Å². The largest absolute Gasteiger partial charge is 0.317 e. The molecule has 1 amide bonds. The Morgan fingerprint density at radius 1 is 1.45 bits per heavy atom. The summed E-state index contributed by atoms with van der Waals surface area (Å²) in [6.07, 6.45) is 2.39. The van der Waals surface area contributed by atoms with Gasteiger partial charge in [-0.25, -0.2) is 4.98 Å². The number of piperidine rings is 1. The van der Waals surface area contributed by atoms with Crippen molar-refractivity contribution >= 4 is 47.2 Å². The average molecular weight is 341 g/mol. The van der Waals surface area contributed by atoms with E-state index in [4.69, 9.17) is 0 Å². The first-order chi connectivity index (χ1) is 8.67. The highest BCUT2D eigenvalue weighted by Crippen LogP contribution is 2.18. The van der Waals surface area contributed by atoms with E-state index in [1.165, 1.54) is 31.1 Å². The lowest BCUT2D eigenvalue weighted by molar-refractivity contribution is -0.114. The van der Waals surface area contributed by atoms with E-state index in [2.05, 4.69) is 20.5 Å². The number of nitrogens with zero attached hydrogens (tertiary/aromatic N) is 2. The van der Waals surface area contributed by atoms with E-state index < -0.39 is 0 Å². The predicted molar refractivity (Wildman–Crippen MR) is 88.3 cm³/mol. The molecule has 0 aromatic carbocycles. The summed E-state index contributed by atoms with van der Waals surface area (Å²) in [5, 5.41) is 8.76. The number of anilines is 1. The highest BCUT2D eigenvalue weighted by molar-refractivity contribution is 7.13. The Morgan fingerprint density at radius 2 is 2.10 bits per heavy atom. The lowest BCUT2D eigenvalue weighted by atomic mass is 10.1. The lowest BCUT2D eigenvalue weighted by Gasteiger charge is -2.31. The van der Waals surface area contributed by atoms with Crippen LogP contribution in [-0.2, 0) is 11.3 Å². The Kier molecular flexibility index (Phi) is 9.33. The molecule has 2 rings (SSSR count). The molecule has 1 saturated heterocycles. The van der Waals surface area contributed by atoms with E-state index >= 15 is 0 Å². The van der Waals surface area contributed by atoms with Gasteiger partial charge in [-0.05, 0) is 19.9 Å². The first-order valence-electron chi connectivity index (χ1n) is 6.29. The van der Waals surface area contributed by atoms with Gasteiger partial charge in [0.15, 0.2) is 5.13 Å². The van der Waals surface area contributed by atoms with Crippen molar-refractivity contribution in [2.75, 3.05) is 25.5 Å². The molecule has 1 aromatic rings. The fourth-order valence-corrected chi connectivity index (χ4v) is 2.94. The van der Waals surface area contributed by atoms with Crippen molar-refractivity contribution < 1.29 is 4.79 Å². The molecule has 2 N–H and O–H groups in total. The topological polar surface area (TPSA) is 57.3 Å². The van der Waals surface area contributed by atoms with Crippen LogP contribution in [0.25, 0.3) is 0 Å². The van der Waals surface area contributed by atoms with Gasteiger partial charge in [-0.1, -0.05) is 0 Å². The molecule has 1 aliphatic rings. The van der Waals surface area contributed by atoms with Crippen LogP contribution in [0.15, 0.2) is 5.38 Å². The number of amides is 1. The molecule has 0 atom stereocenters. The molecule has 116 valence electrons. The Balaban J connectivity index is 0.00000180. The minimum absolute atomic E-state index is 0. The number of nitrogens with one attached hydrogen (secondary N) is 2. The van der Waals surface area contributed by atoms with Crippen LogP contribution >= 0.6 is 36.2 Å². The summed E-state index contributed by atoms with van der Waals surface area (Å²) in [6, 6.07) is 0.659. The second-order valence-corrected chi connectivity index (χ2v) is 5.52. The maximum Gasteiger partial charge on any atom is 0.223 e. The quantitative estimate of drug-likeness (QED) is 0.881. The zero-order valence-corrected chi connectivity index (χ0v) is 14.2. The highest BCUT2D eigenvalue weighted by atomic mass is 35.5. The van der Waals surface area contributed by atoms with Gasteiger partial charge in [-0.3, -0.25) is 9.69 Å². The lowest BCUT2D eigenvalue weighted by Crippen LogP contribution is -2.40. The van der Waals surface area contributed by atoms with Crippen LogP contribution in [0, 0.1) is 0 Å². The van der Waals surface area contributed by atoms with Crippen molar-refractivity contribution in [3.8, 4) is 0 Å². The molecule has 20 heavy (non-hydrogen) atoms. The van der Waals surface area contributed by atoms with Gasteiger partial charge in [0.2, 0.25) is 5.91 Å². The molecule has 0 unspecified atom stereocenters. The zero-order chi connectivity index (χ0) is 13.0. The number of carbonyl (C=O) groups excluding carboxylic acids is 1. The third-order valence-corrected chi connectivity index (χ3v) is 4.02. The summed E-state index contributed by atoms with van der Waals surface area (Å²) < 4.78 is 0. The van der Waals surface area contributed by atoms with Crippen LogP contribution in [0.1, 0.15) is 25.5 Å². The molecule has 1 aliphatic heterocycles. The molecular formula is C12H22Cl2N4OS. The maximum absolute atomic E-state index is 10.9. The SMILES string of the molecule is CNC1CCN(Cc2csc(NC(C)=O)n2)CC1.Cl.Cl. The van der Waals surface area contributed by atoms with Gasteiger partial charge in [-0.2, -0.15) is 0 Å². The summed E-state index contributed by atoms with van der Waals surface area (Å²) in [4.78, 5) is 17.7. The molecular weight excluding hydrogens is 319 g/mol. The molecule has 8 heteroatoms. The average Bonchev–Trinajstić information content (AvgIpc) is 2.76. The predicted octanol–water partition coefficient (Wildman–Crippen LogP) is 2.13. The second kappa shape index (κ2) is 9.52. The van der Waals surface area contributed by atoms with E-state index in [0.29, 0.717) is 11.2 Å². The zero-order valence-electron chi connectivity index (χ0n) is 11.7. The van der Waals surface area contributed by atoms with E-state index in [9.17, 15) is 4.79 Å². The molecule has 0 radical (unpaired) electrons. The number of thiazole rings is 1. The van der Waals surface area contributed by atoms with Gasteiger partial charge in [0.25, 0.3) is 0 Å². The molecule has 2 heterocycles. The monoisotopic (exact) mass is 340 g/mol. The minimum Gasteiger partial charge on any atom is -0.317 e. The molecule has 1 fully saturated rings. The van der Waals surface area contributed by atoms with Crippen LogP contribution in [0.5, 0.6) is 0 Å². The summed E-state index contributed by atoms with van der Waals surface area (Å²) in [5.74, 6) is -0.0641. The smallest absolute Gasteiger partial charge is 0.223 e. The molecule has 1 aromatic heterocycles. The summed E-state index contributed by atoms with van der Waals surface area (Å²) in [5.41, 5.74) is 1.05. The summed E-state index contributed by atoms with van der Waals surface area (Å²) >= 11 is 1.49. The van der Waals surface area contributed by atoms with Crippen LogP contribution in [0.4, 0.5) is 5.13 Å². The van der Waals surface area contributed by atoms with Crippen molar-refractivity contribution in [3.05, 3.63) is 11.1 Å². The third kappa shape index (κ3) is 5.93. The normalized spacial score (nSPS) is 16.1. The number of likely N-dealkylation sites (tertiary alicyclic amines) is 1. The van der Waals surface area contributed by atoms with Gasteiger partial charge in [0.05, 0.1) is 5.69 Å². The van der Waals surface area contributed by atoms with Crippen LogP contribution in [0.3, 0.4) is 0 Å². The first kappa shape index (κ1) is 19.6. The number of rotatable bonds is 4. The molecule has 0 spiro atoms. The van der Waals surface area contributed by atoms with Crippen molar-refractivity contribution in [2.45, 2.75) is 32.4 Å². The number of halogens is 2. The fourth-order valence-electron chi connectivity index (χ4n) is 2.20. The van der Waals surface area contributed by atoms with Gasteiger partial charge < -0.3 is 10.6 Å². The number of hydrogen-bond donors (Lipinski definition) is 2. The number of carbonyl (C=O) groups is 1. The Bertz CT molecular complexity index is 408. The fraction of sp³-hybridized carbons (Fsp3) is 0.667. The molecule has 0 saturated carbocycles. The molecule has 5 nitrogen and oxygen atoms in total. The van der Waals surface area contributed by atoms with Crippen molar-refractivity contribution in [1.82, 2.24) is 15.2 Å². The van der Waals surface area contributed by atoms with E-state index in [0.717, 1.165) is 25.3 Å². The molecule has 0 bridgehead atoms. The van der Waals surface area contributed by atoms with Gasteiger partial charge >= 0.3 is 0 Å². The van der Waals surface area contributed by atoms with Crippen LogP contribution < -0.4 is 10.6 Å². The number of aromatic nitrogens is 1. The van der Waals surface area contributed by atoms with Crippen LogP contribution in [0.2, 0.25) is 0 Å². The van der Waals surface area contributed by atoms with E-state index in [1.54, 1.807) is 0 Å². The van der Waals surface area contributed by atoms with Gasteiger partial charge in [-0.15, -0.1) is 36.2 Å². The van der Waals surface area contributed by atoms with Gasteiger partial charge in [0.1, 0.15) is 0 Å². The third-order valence-electron chi connectivity index (χ3n) is 3.22. The Morgan fingerprint density at radius 3 is 2.65 bits per heavy atom. The second-order valence-electron chi connectivity index (χ2n) is 4.66. The standard InChI is InChI=1S/C12H20N4OS.2ClH/c1-9(17)14-12-15-11(8-18-12)7-16-5-3-10(13-2)4-6-16;;/h8,10,13H,3-7H2,1-2H3,(H,14,15,17);2*1H. The van der Waals surface area contributed by atoms with Crippen LogP contribution in [-0.4, -0.2) is 42.0 Å². The van der Waals surface area contributed by atoms with Gasteiger partial charge in [0, 0.05) is 38.0 Å². The van der Waals surface area contributed by atoms with E-state index in [1.807, 2.05) is 12.4 Å². The van der Waals surface area contributed by atoms with E-state index in [-0.39, 0.29) is 30.7 Å². The first-order valence-corrected chi connectivity index (χ1v) is 7.17. The maximum atomic E-state index is 10.9. The van der Waals surface area contributed by atoms with Crippen molar-refractivity contribution in [2.24, 2.45) is 0 Å². The molecule has 0 aliphatic carbocycles.